The Balaban J connectivity index is 2.72. The fraction of sp³-hybridized carbons (Fsp3) is 0.833. The molecule has 1 aliphatic carbocycles. The normalized spacial score (nSPS) is 20.3. The number of nitrogens with zero attached hydrogens (tertiary/aromatic N) is 1. The van der Waals surface area contributed by atoms with Gasteiger partial charge >= 0.3 is 5.97 Å². The summed E-state index contributed by atoms with van der Waals surface area (Å²) < 4.78 is 0. The molecule has 1 aliphatic rings. The van der Waals surface area contributed by atoms with Crippen LogP contribution in [0.4, 0.5) is 0 Å². The molecule has 6 heteroatoms. The first kappa shape index (κ1) is 8.76. The number of hydrogen-bond donors (Lipinski definition) is 1. The molecule has 0 unspecified atom stereocenters. The topological polar surface area (TPSA) is 89.7 Å². The SMILES string of the molecule is O=C(O)C1(O[N+](=O)[O-])CCCC1. The third kappa shape index (κ3) is 1.46. The summed E-state index contributed by atoms with van der Waals surface area (Å²) in [6, 6.07) is 0. The maximum atomic E-state index is 10.6. The van der Waals surface area contributed by atoms with Gasteiger partial charge in [0.15, 0.2) is 0 Å². The molecule has 1 fully saturated rings. The highest BCUT2D eigenvalue weighted by Gasteiger charge is 2.45. The smallest absolute Gasteiger partial charge is 0.335 e. The summed E-state index contributed by atoms with van der Waals surface area (Å²) in [4.78, 5) is 24.8. The van der Waals surface area contributed by atoms with Crippen LogP contribution in [-0.2, 0) is 9.63 Å². The second-order valence-corrected chi connectivity index (χ2v) is 2.82. The van der Waals surface area contributed by atoms with E-state index in [1.54, 1.807) is 0 Å². The number of carbonyl (C=O) groups is 1. The van der Waals surface area contributed by atoms with Crippen LogP contribution < -0.4 is 0 Å². The molecule has 0 atom stereocenters. The van der Waals surface area contributed by atoms with Crippen molar-refractivity contribution in [1.82, 2.24) is 0 Å². The molecule has 0 aromatic heterocycles. The Bertz CT molecular complexity index is 208. The molecule has 12 heavy (non-hydrogen) atoms. The van der Waals surface area contributed by atoms with Gasteiger partial charge in [0.25, 0.3) is 5.09 Å². The average molecular weight is 175 g/mol. The van der Waals surface area contributed by atoms with Gasteiger partial charge in [-0.2, -0.15) is 0 Å². The molecule has 0 aromatic carbocycles. The monoisotopic (exact) mass is 175 g/mol. The number of aliphatic carboxylic acids is 1. The lowest BCUT2D eigenvalue weighted by atomic mass is 10.0. The van der Waals surface area contributed by atoms with E-state index >= 15 is 0 Å². The molecule has 0 bridgehead atoms. The number of rotatable bonds is 3. The van der Waals surface area contributed by atoms with Gasteiger partial charge in [-0.1, -0.05) is 12.8 Å². The third-order valence-electron chi connectivity index (χ3n) is 2.05. The fourth-order valence-corrected chi connectivity index (χ4v) is 1.43. The largest absolute Gasteiger partial charge is 0.479 e. The lowest BCUT2D eigenvalue weighted by Crippen LogP contribution is -2.40. The molecule has 0 amide bonds. The van der Waals surface area contributed by atoms with E-state index in [1.165, 1.54) is 0 Å². The minimum Gasteiger partial charge on any atom is -0.479 e. The summed E-state index contributed by atoms with van der Waals surface area (Å²) >= 11 is 0. The van der Waals surface area contributed by atoms with Crippen molar-refractivity contribution in [3.63, 3.8) is 0 Å². The van der Waals surface area contributed by atoms with Gasteiger partial charge in [-0.3, -0.25) is 4.84 Å². The van der Waals surface area contributed by atoms with Crippen LogP contribution in [0, 0.1) is 10.1 Å². The quantitative estimate of drug-likeness (QED) is 0.500. The van der Waals surface area contributed by atoms with Gasteiger partial charge in [-0.25, -0.2) is 4.79 Å². The van der Waals surface area contributed by atoms with Crippen LogP contribution in [0.25, 0.3) is 0 Å². The number of carboxylic acid groups (broad SMARTS) is 1. The second kappa shape index (κ2) is 2.96. The molecule has 0 aromatic rings. The Hall–Kier alpha value is -1.33. The molecule has 68 valence electrons. The summed E-state index contributed by atoms with van der Waals surface area (Å²) in [5, 5.41) is 17.6. The van der Waals surface area contributed by atoms with E-state index in [-0.39, 0.29) is 12.8 Å². The average Bonchev–Trinajstić information content (AvgIpc) is 2.35. The van der Waals surface area contributed by atoms with Gasteiger partial charge in [0.2, 0.25) is 5.60 Å². The van der Waals surface area contributed by atoms with E-state index in [9.17, 15) is 14.9 Å². The molecule has 0 heterocycles. The van der Waals surface area contributed by atoms with Crippen LogP contribution in [0.3, 0.4) is 0 Å². The van der Waals surface area contributed by atoms with Gasteiger partial charge < -0.3 is 5.11 Å². The van der Waals surface area contributed by atoms with Gasteiger partial charge in [-0.15, -0.1) is 10.1 Å². The zero-order valence-electron chi connectivity index (χ0n) is 6.36. The summed E-state index contributed by atoms with van der Waals surface area (Å²) in [6.07, 6.45) is 1.78. The van der Waals surface area contributed by atoms with Crippen LogP contribution >= 0.6 is 0 Å². The van der Waals surface area contributed by atoms with Gasteiger partial charge in [0.05, 0.1) is 0 Å². The molecule has 1 saturated carbocycles. The summed E-state index contributed by atoms with van der Waals surface area (Å²) in [5.41, 5.74) is -1.57. The summed E-state index contributed by atoms with van der Waals surface area (Å²) in [5.74, 6) is -1.24. The number of hydrogen-bond acceptors (Lipinski definition) is 4. The van der Waals surface area contributed by atoms with Crippen molar-refractivity contribution in [2.24, 2.45) is 0 Å². The molecular weight excluding hydrogens is 166 g/mol. The Morgan fingerprint density at radius 2 is 2.00 bits per heavy atom. The Kier molecular flexibility index (Phi) is 2.16. The molecular formula is C6H9NO5. The molecule has 6 nitrogen and oxygen atoms in total. The fourth-order valence-electron chi connectivity index (χ4n) is 1.43. The van der Waals surface area contributed by atoms with Crippen molar-refractivity contribution in [1.29, 1.82) is 0 Å². The Morgan fingerprint density at radius 1 is 1.50 bits per heavy atom. The van der Waals surface area contributed by atoms with E-state index in [1.807, 2.05) is 0 Å². The molecule has 1 rings (SSSR count). The van der Waals surface area contributed by atoms with E-state index in [0.29, 0.717) is 12.8 Å². The maximum Gasteiger partial charge on any atom is 0.335 e. The lowest BCUT2D eigenvalue weighted by Gasteiger charge is -2.20. The van der Waals surface area contributed by atoms with Gasteiger partial charge in [-0.05, 0) is 12.8 Å². The zero-order chi connectivity index (χ0) is 9.19. The van der Waals surface area contributed by atoms with Crippen LogP contribution in [0.2, 0.25) is 0 Å². The molecule has 0 aliphatic heterocycles. The minimum atomic E-state index is -1.57. The summed E-state index contributed by atoms with van der Waals surface area (Å²) in [7, 11) is 0. The highest BCUT2D eigenvalue weighted by Crippen LogP contribution is 2.33. The standard InChI is InChI=1S/C6H9NO5/c8-5(9)6(12-7(10)11)3-1-2-4-6/h1-4H2,(H,8,9). The van der Waals surface area contributed by atoms with E-state index < -0.39 is 16.7 Å². The highest BCUT2D eigenvalue weighted by atomic mass is 17.0. The van der Waals surface area contributed by atoms with Crippen molar-refractivity contribution >= 4 is 5.97 Å². The highest BCUT2D eigenvalue weighted by molar-refractivity contribution is 5.77. The first-order chi connectivity index (χ1) is 5.57. The second-order valence-electron chi connectivity index (χ2n) is 2.82. The zero-order valence-corrected chi connectivity index (χ0v) is 6.36. The third-order valence-corrected chi connectivity index (χ3v) is 2.05. The van der Waals surface area contributed by atoms with Crippen molar-refractivity contribution < 1.29 is 19.8 Å². The minimum absolute atomic E-state index is 0.226. The van der Waals surface area contributed by atoms with Crippen LogP contribution in [-0.4, -0.2) is 21.8 Å². The van der Waals surface area contributed by atoms with Crippen LogP contribution in [0.15, 0.2) is 0 Å². The van der Waals surface area contributed by atoms with E-state index in [2.05, 4.69) is 4.84 Å². The van der Waals surface area contributed by atoms with E-state index in [4.69, 9.17) is 5.11 Å². The maximum absolute atomic E-state index is 10.6. The Morgan fingerprint density at radius 3 is 2.33 bits per heavy atom. The first-order valence-electron chi connectivity index (χ1n) is 3.64. The van der Waals surface area contributed by atoms with Gasteiger partial charge in [0.1, 0.15) is 0 Å². The molecule has 0 saturated heterocycles. The molecule has 0 spiro atoms. The van der Waals surface area contributed by atoms with Crippen molar-refractivity contribution in [3.05, 3.63) is 10.1 Å². The Labute approximate surface area is 68.2 Å². The van der Waals surface area contributed by atoms with Gasteiger partial charge in [0, 0.05) is 0 Å². The molecule has 0 radical (unpaired) electrons. The van der Waals surface area contributed by atoms with E-state index in [0.717, 1.165) is 0 Å². The van der Waals surface area contributed by atoms with Crippen molar-refractivity contribution in [2.45, 2.75) is 31.3 Å². The summed E-state index contributed by atoms with van der Waals surface area (Å²) in [6.45, 7) is 0. The van der Waals surface area contributed by atoms with Crippen LogP contribution in [0.5, 0.6) is 0 Å². The molecule has 1 N–H and O–H groups in total. The predicted octanol–water partition coefficient (Wildman–Crippen LogP) is 0.592. The number of carboxylic acids is 1. The van der Waals surface area contributed by atoms with Crippen molar-refractivity contribution in [2.75, 3.05) is 0 Å². The predicted molar refractivity (Wildman–Crippen MR) is 36.9 cm³/mol. The van der Waals surface area contributed by atoms with Crippen molar-refractivity contribution in [3.8, 4) is 0 Å². The van der Waals surface area contributed by atoms with Crippen LogP contribution in [0.1, 0.15) is 25.7 Å². The lowest BCUT2D eigenvalue weighted by molar-refractivity contribution is -0.776. The first-order valence-corrected chi connectivity index (χ1v) is 3.64.